The first-order valence-corrected chi connectivity index (χ1v) is 6.79. The highest BCUT2D eigenvalue weighted by atomic mass is 16.1. The molecule has 3 unspecified atom stereocenters. The standard InChI is InChI=1S/C16H19NO.H2/c1-3-15(18)17-9-11-5-4-6-14-13(11)8-7-12-10(2)16(12)14;/h4-8,10,12,16H,3,9H2,1-2H3,(H,17,18);1H. The van der Waals surface area contributed by atoms with E-state index in [1.165, 1.54) is 16.7 Å². The molecule has 1 fully saturated rings. The average molecular weight is 243 g/mol. The van der Waals surface area contributed by atoms with Gasteiger partial charge in [0.2, 0.25) is 5.91 Å². The van der Waals surface area contributed by atoms with Crippen LogP contribution in [0.15, 0.2) is 24.3 Å². The van der Waals surface area contributed by atoms with Crippen molar-refractivity contribution in [3.8, 4) is 0 Å². The highest BCUT2D eigenvalue weighted by Crippen LogP contribution is 2.58. The average Bonchev–Trinajstić information content (AvgIpc) is 3.07. The van der Waals surface area contributed by atoms with Crippen LogP contribution in [0.3, 0.4) is 0 Å². The van der Waals surface area contributed by atoms with Crippen LogP contribution >= 0.6 is 0 Å². The molecule has 0 aliphatic heterocycles. The zero-order valence-corrected chi connectivity index (χ0v) is 10.9. The quantitative estimate of drug-likeness (QED) is 0.866. The molecule has 2 aliphatic carbocycles. The molecule has 2 heteroatoms. The zero-order chi connectivity index (χ0) is 12.7. The number of allylic oxidation sites excluding steroid dienone is 1. The second kappa shape index (κ2) is 4.27. The number of fused-ring (bicyclic) bond motifs is 3. The molecule has 1 amide bonds. The van der Waals surface area contributed by atoms with Crippen molar-refractivity contribution in [3.63, 3.8) is 0 Å². The van der Waals surface area contributed by atoms with Crippen molar-refractivity contribution in [3.05, 3.63) is 41.0 Å². The molecule has 0 radical (unpaired) electrons. The first-order chi connectivity index (χ1) is 8.72. The van der Waals surface area contributed by atoms with Crippen molar-refractivity contribution < 1.29 is 6.22 Å². The molecule has 3 rings (SSSR count). The van der Waals surface area contributed by atoms with Gasteiger partial charge in [0.05, 0.1) is 0 Å². The fraction of sp³-hybridized carbons (Fsp3) is 0.438. The van der Waals surface area contributed by atoms with Gasteiger partial charge in [0.25, 0.3) is 0 Å². The molecule has 1 saturated carbocycles. The summed E-state index contributed by atoms with van der Waals surface area (Å²) in [6.45, 7) is 4.85. The summed E-state index contributed by atoms with van der Waals surface area (Å²) in [6.07, 6.45) is 5.13. The molecule has 0 aromatic heterocycles. The summed E-state index contributed by atoms with van der Waals surface area (Å²) in [7, 11) is 0. The van der Waals surface area contributed by atoms with Crippen molar-refractivity contribution in [1.82, 2.24) is 5.32 Å². The van der Waals surface area contributed by atoms with Gasteiger partial charge < -0.3 is 5.32 Å². The molecule has 0 saturated heterocycles. The first-order valence-electron chi connectivity index (χ1n) is 6.79. The molecule has 2 aliphatic rings. The summed E-state index contributed by atoms with van der Waals surface area (Å²) in [5, 5.41) is 2.97. The van der Waals surface area contributed by atoms with Crippen molar-refractivity contribution in [2.24, 2.45) is 11.8 Å². The molecule has 96 valence electrons. The molecule has 0 spiro atoms. The van der Waals surface area contributed by atoms with Crippen LogP contribution in [0.2, 0.25) is 0 Å². The van der Waals surface area contributed by atoms with E-state index in [1.54, 1.807) is 0 Å². The minimum atomic E-state index is 0. The third kappa shape index (κ3) is 1.76. The highest BCUT2D eigenvalue weighted by molar-refractivity contribution is 5.75. The summed E-state index contributed by atoms with van der Waals surface area (Å²) in [6, 6.07) is 6.48. The van der Waals surface area contributed by atoms with Gasteiger partial charge in [-0.25, -0.2) is 0 Å². The Labute approximate surface area is 110 Å². The Morgan fingerprint density at radius 1 is 1.44 bits per heavy atom. The molecule has 1 N–H and O–H groups in total. The van der Waals surface area contributed by atoms with Gasteiger partial charge in [0.15, 0.2) is 0 Å². The number of amides is 1. The summed E-state index contributed by atoms with van der Waals surface area (Å²) in [5.74, 6) is 2.36. The molecule has 3 atom stereocenters. The van der Waals surface area contributed by atoms with E-state index in [1.807, 2.05) is 6.92 Å². The summed E-state index contributed by atoms with van der Waals surface area (Å²) >= 11 is 0. The van der Waals surface area contributed by atoms with Gasteiger partial charge in [-0.05, 0) is 34.4 Å². The molecule has 1 aromatic rings. The van der Waals surface area contributed by atoms with E-state index in [0.717, 1.165) is 11.8 Å². The van der Waals surface area contributed by atoms with Crippen molar-refractivity contribution >= 4 is 12.0 Å². The number of hydrogen-bond acceptors (Lipinski definition) is 1. The lowest BCUT2D eigenvalue weighted by Crippen LogP contribution is -2.22. The van der Waals surface area contributed by atoms with Crippen molar-refractivity contribution in [2.75, 3.05) is 0 Å². The molecular weight excluding hydrogens is 222 g/mol. The maximum absolute atomic E-state index is 11.3. The third-order valence-corrected chi connectivity index (χ3v) is 4.32. The van der Waals surface area contributed by atoms with Gasteiger partial charge in [-0.2, -0.15) is 0 Å². The summed E-state index contributed by atoms with van der Waals surface area (Å²) < 4.78 is 0. The topological polar surface area (TPSA) is 29.1 Å². The van der Waals surface area contributed by atoms with Crippen LogP contribution in [0, 0.1) is 11.8 Å². The molecule has 2 nitrogen and oxygen atoms in total. The lowest BCUT2D eigenvalue weighted by atomic mass is 9.93. The zero-order valence-electron chi connectivity index (χ0n) is 10.9. The summed E-state index contributed by atoms with van der Waals surface area (Å²) in [5.41, 5.74) is 4.04. The summed E-state index contributed by atoms with van der Waals surface area (Å²) in [4.78, 5) is 11.3. The number of nitrogens with one attached hydrogen (secondary N) is 1. The Hall–Kier alpha value is -1.57. The van der Waals surface area contributed by atoms with E-state index in [-0.39, 0.29) is 7.33 Å². The maximum atomic E-state index is 11.3. The predicted octanol–water partition coefficient (Wildman–Crippen LogP) is 3.34. The van der Waals surface area contributed by atoms with E-state index in [0.29, 0.717) is 18.9 Å². The highest BCUT2D eigenvalue weighted by Gasteiger charge is 2.48. The van der Waals surface area contributed by atoms with E-state index < -0.39 is 0 Å². The predicted molar refractivity (Wildman–Crippen MR) is 75.1 cm³/mol. The van der Waals surface area contributed by atoms with Crippen molar-refractivity contribution in [2.45, 2.75) is 32.7 Å². The fourth-order valence-corrected chi connectivity index (χ4v) is 3.09. The number of benzene rings is 1. The van der Waals surface area contributed by atoms with Gasteiger partial charge in [0.1, 0.15) is 0 Å². The van der Waals surface area contributed by atoms with Crippen LogP contribution in [0.5, 0.6) is 0 Å². The fourth-order valence-electron chi connectivity index (χ4n) is 3.09. The van der Waals surface area contributed by atoms with Crippen LogP contribution in [-0.4, -0.2) is 5.91 Å². The second-order valence-electron chi connectivity index (χ2n) is 5.37. The normalized spacial score (nSPS) is 27.3. The number of hydrogen-bond donors (Lipinski definition) is 1. The van der Waals surface area contributed by atoms with Crippen LogP contribution in [0.4, 0.5) is 0 Å². The van der Waals surface area contributed by atoms with E-state index >= 15 is 0 Å². The number of carbonyl (C=O) groups excluding carboxylic acids is 1. The number of rotatable bonds is 3. The Morgan fingerprint density at radius 2 is 2.28 bits per heavy atom. The van der Waals surface area contributed by atoms with Gasteiger partial charge in [0, 0.05) is 14.4 Å². The van der Waals surface area contributed by atoms with E-state index in [2.05, 4.69) is 42.6 Å². The van der Waals surface area contributed by atoms with Crippen molar-refractivity contribution in [1.29, 1.82) is 0 Å². The lowest BCUT2D eigenvalue weighted by Gasteiger charge is -2.15. The Kier molecular flexibility index (Phi) is 2.73. The molecule has 18 heavy (non-hydrogen) atoms. The van der Waals surface area contributed by atoms with Gasteiger partial charge in [-0.3, -0.25) is 4.79 Å². The minimum absolute atomic E-state index is 0. The minimum Gasteiger partial charge on any atom is -0.352 e. The monoisotopic (exact) mass is 243 g/mol. The van der Waals surface area contributed by atoms with E-state index in [4.69, 9.17) is 0 Å². The Balaban J connectivity index is 0.00000133. The Bertz CT molecular complexity index is 523. The third-order valence-electron chi connectivity index (χ3n) is 4.32. The molecular formula is C16H21NO. The van der Waals surface area contributed by atoms with Crippen LogP contribution in [-0.2, 0) is 11.3 Å². The lowest BCUT2D eigenvalue weighted by molar-refractivity contribution is -0.120. The maximum Gasteiger partial charge on any atom is 0.219 e. The first kappa shape index (κ1) is 11.5. The van der Waals surface area contributed by atoms with Gasteiger partial charge >= 0.3 is 0 Å². The number of carbonyl (C=O) groups is 1. The van der Waals surface area contributed by atoms with E-state index in [9.17, 15) is 4.79 Å². The van der Waals surface area contributed by atoms with Crippen LogP contribution in [0.25, 0.3) is 6.08 Å². The largest absolute Gasteiger partial charge is 0.352 e. The van der Waals surface area contributed by atoms with Crippen LogP contribution < -0.4 is 5.32 Å². The SMILES string of the molecule is CCC(=O)NCc1cccc2c1C=CC1C(C)C21.[HH]. The van der Waals surface area contributed by atoms with Gasteiger partial charge in [-0.1, -0.05) is 44.2 Å². The van der Waals surface area contributed by atoms with Gasteiger partial charge in [-0.15, -0.1) is 0 Å². The smallest absolute Gasteiger partial charge is 0.219 e. The van der Waals surface area contributed by atoms with Crippen LogP contribution in [0.1, 0.15) is 44.3 Å². The Morgan fingerprint density at radius 3 is 3.06 bits per heavy atom. The molecule has 0 heterocycles. The molecule has 0 bridgehead atoms. The molecule has 1 aromatic carbocycles. The second-order valence-corrected chi connectivity index (χ2v) is 5.37.